The molecule has 3 nitrogen and oxygen atoms in total. The van der Waals surface area contributed by atoms with Crippen molar-refractivity contribution in [3.05, 3.63) is 22.7 Å². The molecule has 0 N–H and O–H groups in total. The lowest BCUT2D eigenvalue weighted by Crippen LogP contribution is -2.10. The van der Waals surface area contributed by atoms with Crippen LogP contribution in [0, 0.1) is 0 Å². The highest BCUT2D eigenvalue weighted by Gasteiger charge is 2.05. The first-order chi connectivity index (χ1) is 6.15. The van der Waals surface area contributed by atoms with Crippen molar-refractivity contribution >= 4 is 28.1 Å². The highest BCUT2D eigenvalue weighted by atomic mass is 79.9. The molecule has 70 valence electrons. The first-order valence-electron chi connectivity index (χ1n) is 3.72. The van der Waals surface area contributed by atoms with Gasteiger partial charge in [-0.2, -0.15) is 0 Å². The Kier molecular flexibility index (Phi) is 3.31. The molecule has 0 heterocycles. The molecule has 0 radical (unpaired) electrons. The van der Waals surface area contributed by atoms with Crippen LogP contribution in [0.1, 0.15) is 0 Å². The van der Waals surface area contributed by atoms with Crippen molar-refractivity contribution < 1.29 is 9.53 Å². The summed E-state index contributed by atoms with van der Waals surface area (Å²) in [5, 5.41) is 0. The average Bonchev–Trinajstić information content (AvgIpc) is 2.08. The molecule has 1 aromatic rings. The maximum absolute atomic E-state index is 10.2. The van der Waals surface area contributed by atoms with Gasteiger partial charge in [-0.15, -0.1) is 0 Å². The SMILES string of the molecule is CN(C)c1cc(Br)ccc1OC=O. The molecule has 1 rings (SSSR count). The molecule has 0 bridgehead atoms. The molecule has 0 aromatic heterocycles. The Labute approximate surface area is 85.4 Å². The first-order valence-corrected chi connectivity index (χ1v) is 4.51. The number of nitrogens with zero attached hydrogens (tertiary/aromatic N) is 1. The van der Waals surface area contributed by atoms with Crippen molar-refractivity contribution in [3.63, 3.8) is 0 Å². The standard InChI is InChI=1S/C9H10BrNO2/c1-11(2)8-5-7(10)3-4-9(8)13-6-12/h3-6H,1-2H3. The Morgan fingerprint density at radius 3 is 2.69 bits per heavy atom. The van der Waals surface area contributed by atoms with Crippen molar-refractivity contribution in [2.45, 2.75) is 0 Å². The minimum Gasteiger partial charge on any atom is -0.427 e. The highest BCUT2D eigenvalue weighted by Crippen LogP contribution is 2.29. The second kappa shape index (κ2) is 4.28. The maximum atomic E-state index is 10.2. The predicted molar refractivity (Wildman–Crippen MR) is 55.2 cm³/mol. The fourth-order valence-electron chi connectivity index (χ4n) is 0.992. The van der Waals surface area contributed by atoms with Gasteiger partial charge in [-0.25, -0.2) is 0 Å². The van der Waals surface area contributed by atoms with Crippen molar-refractivity contribution in [3.8, 4) is 5.75 Å². The minimum absolute atomic E-state index is 0.427. The van der Waals surface area contributed by atoms with Gasteiger partial charge < -0.3 is 9.64 Å². The van der Waals surface area contributed by atoms with E-state index in [-0.39, 0.29) is 0 Å². The number of hydrogen-bond donors (Lipinski definition) is 0. The first kappa shape index (κ1) is 10.1. The molecule has 0 unspecified atom stereocenters. The third-order valence-electron chi connectivity index (χ3n) is 1.58. The predicted octanol–water partition coefficient (Wildman–Crippen LogP) is 2.05. The molecular weight excluding hydrogens is 234 g/mol. The van der Waals surface area contributed by atoms with Crippen LogP contribution in [0.3, 0.4) is 0 Å². The molecule has 0 saturated heterocycles. The third kappa shape index (κ3) is 2.45. The number of anilines is 1. The summed E-state index contributed by atoms with van der Waals surface area (Å²) in [4.78, 5) is 12.1. The fourth-order valence-corrected chi connectivity index (χ4v) is 1.34. The molecular formula is C9H10BrNO2. The number of carbonyl (C=O) groups is 1. The number of hydrogen-bond acceptors (Lipinski definition) is 3. The van der Waals surface area contributed by atoms with Gasteiger partial charge in [0.05, 0.1) is 5.69 Å². The second-order valence-corrected chi connectivity index (χ2v) is 3.64. The number of carbonyl (C=O) groups excluding carboxylic acids is 1. The van der Waals surface area contributed by atoms with E-state index in [1.807, 2.05) is 31.1 Å². The number of halogens is 1. The summed E-state index contributed by atoms with van der Waals surface area (Å²) in [6.07, 6.45) is 0. The molecule has 0 fully saturated rings. The van der Waals surface area contributed by atoms with E-state index in [9.17, 15) is 4.79 Å². The van der Waals surface area contributed by atoms with Crippen LogP contribution in [0.2, 0.25) is 0 Å². The molecule has 0 aliphatic rings. The number of benzene rings is 1. The Hall–Kier alpha value is -1.03. The van der Waals surface area contributed by atoms with E-state index in [1.54, 1.807) is 6.07 Å². The van der Waals surface area contributed by atoms with E-state index in [0.29, 0.717) is 12.2 Å². The lowest BCUT2D eigenvalue weighted by atomic mass is 10.3. The van der Waals surface area contributed by atoms with E-state index >= 15 is 0 Å². The second-order valence-electron chi connectivity index (χ2n) is 2.72. The highest BCUT2D eigenvalue weighted by molar-refractivity contribution is 9.10. The Morgan fingerprint density at radius 1 is 1.46 bits per heavy atom. The van der Waals surface area contributed by atoms with Crippen molar-refractivity contribution in [2.75, 3.05) is 19.0 Å². The lowest BCUT2D eigenvalue weighted by Gasteiger charge is -2.15. The summed E-state index contributed by atoms with van der Waals surface area (Å²) in [5.41, 5.74) is 0.862. The fraction of sp³-hybridized carbons (Fsp3) is 0.222. The topological polar surface area (TPSA) is 29.5 Å². The summed E-state index contributed by atoms with van der Waals surface area (Å²) < 4.78 is 5.76. The van der Waals surface area contributed by atoms with Crippen LogP contribution in [-0.2, 0) is 4.79 Å². The van der Waals surface area contributed by atoms with Gasteiger partial charge in [-0.3, -0.25) is 4.79 Å². The monoisotopic (exact) mass is 243 g/mol. The lowest BCUT2D eigenvalue weighted by molar-refractivity contribution is -0.120. The molecule has 0 amide bonds. The van der Waals surface area contributed by atoms with Crippen LogP contribution >= 0.6 is 15.9 Å². The van der Waals surface area contributed by atoms with Crippen LogP contribution in [0.25, 0.3) is 0 Å². The van der Waals surface area contributed by atoms with E-state index in [0.717, 1.165) is 10.2 Å². The number of ether oxygens (including phenoxy) is 1. The summed E-state index contributed by atoms with van der Waals surface area (Å²) in [6.45, 7) is 0.427. The maximum Gasteiger partial charge on any atom is 0.298 e. The van der Waals surface area contributed by atoms with Gasteiger partial charge in [0.2, 0.25) is 0 Å². The summed E-state index contributed by atoms with van der Waals surface area (Å²) >= 11 is 3.35. The summed E-state index contributed by atoms with van der Waals surface area (Å²) in [7, 11) is 3.78. The van der Waals surface area contributed by atoms with E-state index in [4.69, 9.17) is 4.74 Å². The van der Waals surface area contributed by atoms with Crippen molar-refractivity contribution in [1.29, 1.82) is 0 Å². The smallest absolute Gasteiger partial charge is 0.298 e. The molecule has 13 heavy (non-hydrogen) atoms. The summed E-state index contributed by atoms with van der Waals surface area (Å²) in [5.74, 6) is 0.559. The Balaban J connectivity index is 3.10. The van der Waals surface area contributed by atoms with E-state index in [2.05, 4.69) is 15.9 Å². The molecule has 0 aliphatic heterocycles. The largest absolute Gasteiger partial charge is 0.427 e. The van der Waals surface area contributed by atoms with Crippen LogP contribution in [0.15, 0.2) is 22.7 Å². The van der Waals surface area contributed by atoms with Crippen molar-refractivity contribution in [1.82, 2.24) is 0 Å². The molecule has 0 atom stereocenters. The summed E-state index contributed by atoms with van der Waals surface area (Å²) in [6, 6.07) is 5.46. The van der Waals surface area contributed by atoms with Crippen LogP contribution in [-0.4, -0.2) is 20.6 Å². The minimum atomic E-state index is 0.427. The Bertz CT molecular complexity index is 312. The zero-order valence-electron chi connectivity index (χ0n) is 7.45. The normalized spacial score (nSPS) is 9.46. The van der Waals surface area contributed by atoms with Crippen LogP contribution in [0.5, 0.6) is 5.75 Å². The zero-order valence-corrected chi connectivity index (χ0v) is 9.04. The molecule has 0 saturated carbocycles. The van der Waals surface area contributed by atoms with E-state index < -0.39 is 0 Å². The molecule has 0 aliphatic carbocycles. The van der Waals surface area contributed by atoms with Crippen molar-refractivity contribution in [2.24, 2.45) is 0 Å². The van der Waals surface area contributed by atoms with Gasteiger partial charge in [-0.1, -0.05) is 15.9 Å². The molecule has 1 aromatic carbocycles. The third-order valence-corrected chi connectivity index (χ3v) is 2.07. The van der Waals surface area contributed by atoms with E-state index in [1.165, 1.54) is 0 Å². The quantitative estimate of drug-likeness (QED) is 0.762. The zero-order chi connectivity index (χ0) is 9.84. The number of rotatable bonds is 3. The van der Waals surface area contributed by atoms with Gasteiger partial charge in [0.25, 0.3) is 6.47 Å². The van der Waals surface area contributed by atoms with Gasteiger partial charge in [0.15, 0.2) is 5.75 Å². The van der Waals surface area contributed by atoms with Gasteiger partial charge in [0, 0.05) is 18.6 Å². The van der Waals surface area contributed by atoms with Gasteiger partial charge in [-0.05, 0) is 18.2 Å². The van der Waals surface area contributed by atoms with Gasteiger partial charge >= 0.3 is 0 Å². The van der Waals surface area contributed by atoms with Gasteiger partial charge in [0.1, 0.15) is 0 Å². The van der Waals surface area contributed by atoms with Crippen LogP contribution < -0.4 is 9.64 Å². The molecule has 0 spiro atoms. The average molecular weight is 244 g/mol. The van der Waals surface area contributed by atoms with Crippen LogP contribution in [0.4, 0.5) is 5.69 Å². The Morgan fingerprint density at radius 2 is 2.15 bits per heavy atom. The molecule has 4 heteroatoms.